The third-order valence-electron chi connectivity index (χ3n) is 6.11. The Balaban J connectivity index is 1.26. The summed E-state index contributed by atoms with van der Waals surface area (Å²) in [4.78, 5) is 35.3. The molecule has 1 aliphatic heterocycles. The molecule has 188 valence electrons. The minimum atomic E-state index is -0.0578. The molecule has 2 N–H and O–H groups in total. The molecule has 0 bridgehead atoms. The average molecular weight is 517 g/mol. The van der Waals surface area contributed by atoms with E-state index >= 15 is 0 Å². The van der Waals surface area contributed by atoms with E-state index in [-0.39, 0.29) is 18.1 Å². The molecule has 37 heavy (non-hydrogen) atoms. The monoisotopic (exact) mass is 516 g/mol. The lowest BCUT2D eigenvalue weighted by Crippen LogP contribution is -2.40. The van der Waals surface area contributed by atoms with E-state index in [1.807, 2.05) is 36.4 Å². The predicted molar refractivity (Wildman–Crippen MR) is 142 cm³/mol. The van der Waals surface area contributed by atoms with Gasteiger partial charge in [-0.15, -0.1) is 0 Å². The van der Waals surface area contributed by atoms with E-state index in [2.05, 4.69) is 9.97 Å². The van der Waals surface area contributed by atoms with Gasteiger partial charge < -0.3 is 19.8 Å². The summed E-state index contributed by atoms with van der Waals surface area (Å²) < 4.78 is 11.2. The SMILES string of the molecule is Nc1ccc(/C=C/C(=O)CCc2nc3cc(-c4ccc(C(=O)N5CCOCC5)cc4)cc(Cl)c3o2)cn1. The number of anilines is 1. The summed E-state index contributed by atoms with van der Waals surface area (Å²) >= 11 is 6.50. The first kappa shape index (κ1) is 24.7. The van der Waals surface area contributed by atoms with Gasteiger partial charge in [-0.2, -0.15) is 0 Å². The number of carbonyl (C=O) groups is 2. The topological polar surface area (TPSA) is 112 Å². The maximum atomic E-state index is 12.7. The van der Waals surface area contributed by atoms with Crippen molar-refractivity contribution in [2.45, 2.75) is 12.8 Å². The number of aromatic nitrogens is 2. The summed E-state index contributed by atoms with van der Waals surface area (Å²) in [6.07, 6.45) is 5.41. The number of ether oxygens (including phenoxy) is 1. The maximum Gasteiger partial charge on any atom is 0.254 e. The van der Waals surface area contributed by atoms with Crippen LogP contribution in [0.1, 0.15) is 28.2 Å². The predicted octanol–water partition coefficient (Wildman–Crippen LogP) is 4.81. The lowest BCUT2D eigenvalue weighted by Gasteiger charge is -2.26. The van der Waals surface area contributed by atoms with Crippen LogP contribution < -0.4 is 5.73 Å². The van der Waals surface area contributed by atoms with Crippen LogP contribution in [0.5, 0.6) is 0 Å². The molecule has 1 fully saturated rings. The second-order valence-electron chi connectivity index (χ2n) is 8.71. The standard InChI is InChI=1S/C28H25ClN4O4/c29-23-15-21(19-3-5-20(6-4-19)28(35)33-11-13-36-14-12-33)16-24-27(23)37-26(32-24)10-8-22(34)7-1-18-2-9-25(30)31-17-18/h1-7,9,15-17H,8,10-14H2,(H2,30,31)/b7-1+. The normalized spacial score (nSPS) is 13.9. The molecule has 5 rings (SSSR count). The molecule has 2 aromatic heterocycles. The number of morpholine rings is 1. The van der Waals surface area contributed by atoms with E-state index in [9.17, 15) is 9.59 Å². The molecule has 2 aromatic carbocycles. The van der Waals surface area contributed by atoms with Gasteiger partial charge in [0.05, 0.1) is 18.2 Å². The highest BCUT2D eigenvalue weighted by atomic mass is 35.5. The molecule has 0 aliphatic carbocycles. The highest BCUT2D eigenvalue weighted by Gasteiger charge is 2.19. The first-order valence-electron chi connectivity index (χ1n) is 11.9. The summed E-state index contributed by atoms with van der Waals surface area (Å²) in [5.74, 6) is 0.810. The minimum Gasteiger partial charge on any atom is -0.439 e. The van der Waals surface area contributed by atoms with Crippen molar-refractivity contribution in [2.24, 2.45) is 0 Å². The number of benzene rings is 2. The summed E-state index contributed by atoms with van der Waals surface area (Å²) in [7, 11) is 0. The van der Waals surface area contributed by atoms with Crippen LogP contribution in [-0.4, -0.2) is 52.9 Å². The average Bonchev–Trinajstić information content (AvgIpc) is 3.35. The maximum absolute atomic E-state index is 12.7. The summed E-state index contributed by atoms with van der Waals surface area (Å²) in [6.45, 7) is 2.33. The van der Waals surface area contributed by atoms with Crippen molar-refractivity contribution in [3.05, 3.63) is 82.8 Å². The number of aryl methyl sites for hydroxylation is 1. The highest BCUT2D eigenvalue weighted by molar-refractivity contribution is 6.35. The van der Waals surface area contributed by atoms with Gasteiger partial charge >= 0.3 is 0 Å². The quantitative estimate of drug-likeness (QED) is 0.351. The number of oxazole rings is 1. The number of nitrogen functional groups attached to an aromatic ring is 1. The molecule has 3 heterocycles. The molecule has 0 radical (unpaired) electrons. The molecule has 4 aromatic rings. The Morgan fingerprint density at radius 2 is 1.84 bits per heavy atom. The largest absolute Gasteiger partial charge is 0.439 e. The van der Waals surface area contributed by atoms with Crippen LogP contribution in [-0.2, 0) is 16.0 Å². The molecule has 0 unspecified atom stereocenters. The molecule has 0 spiro atoms. The third kappa shape index (κ3) is 5.87. The Morgan fingerprint density at radius 1 is 1.05 bits per heavy atom. The van der Waals surface area contributed by atoms with E-state index in [1.54, 1.807) is 29.3 Å². The molecule has 1 aliphatic rings. The number of nitrogens with zero attached hydrogens (tertiary/aromatic N) is 3. The van der Waals surface area contributed by atoms with E-state index in [0.717, 1.165) is 16.7 Å². The first-order valence-corrected chi connectivity index (χ1v) is 12.3. The zero-order valence-corrected chi connectivity index (χ0v) is 20.8. The van der Waals surface area contributed by atoms with Crippen molar-refractivity contribution >= 4 is 46.3 Å². The van der Waals surface area contributed by atoms with Crippen molar-refractivity contribution in [3.63, 3.8) is 0 Å². The molecule has 0 saturated carbocycles. The number of amides is 1. The first-order chi connectivity index (χ1) is 18.0. The lowest BCUT2D eigenvalue weighted by atomic mass is 10.0. The van der Waals surface area contributed by atoms with E-state index in [4.69, 9.17) is 26.5 Å². The Kier molecular flexibility index (Phi) is 7.30. The van der Waals surface area contributed by atoms with Crippen molar-refractivity contribution in [1.82, 2.24) is 14.9 Å². The Bertz CT molecular complexity index is 1460. The van der Waals surface area contributed by atoms with Gasteiger partial charge in [0.1, 0.15) is 11.3 Å². The van der Waals surface area contributed by atoms with Crippen molar-refractivity contribution < 1.29 is 18.7 Å². The number of ketones is 1. The zero-order chi connectivity index (χ0) is 25.8. The fourth-order valence-corrected chi connectivity index (χ4v) is 4.34. The molecular formula is C28H25ClN4O4. The fraction of sp³-hybridized carbons (Fsp3) is 0.214. The summed E-state index contributed by atoms with van der Waals surface area (Å²) in [6, 6.07) is 14.6. The van der Waals surface area contributed by atoms with E-state index in [1.165, 1.54) is 6.08 Å². The van der Waals surface area contributed by atoms with Gasteiger partial charge in [0.25, 0.3) is 5.91 Å². The smallest absolute Gasteiger partial charge is 0.254 e. The number of hydrogen-bond donors (Lipinski definition) is 1. The van der Waals surface area contributed by atoms with Gasteiger partial charge in [0, 0.05) is 37.7 Å². The number of pyridine rings is 1. The Labute approximate surface area is 218 Å². The highest BCUT2D eigenvalue weighted by Crippen LogP contribution is 2.32. The van der Waals surface area contributed by atoms with Crippen LogP contribution in [0.3, 0.4) is 0 Å². The number of rotatable bonds is 7. The zero-order valence-electron chi connectivity index (χ0n) is 20.0. The fourth-order valence-electron chi connectivity index (χ4n) is 4.08. The van der Waals surface area contributed by atoms with Gasteiger partial charge in [0.15, 0.2) is 17.3 Å². The van der Waals surface area contributed by atoms with Crippen molar-refractivity contribution in [1.29, 1.82) is 0 Å². The number of allylic oxidation sites excluding steroid dienone is 1. The van der Waals surface area contributed by atoms with Crippen molar-refractivity contribution in [3.8, 4) is 11.1 Å². The molecule has 1 saturated heterocycles. The van der Waals surface area contributed by atoms with E-state index < -0.39 is 0 Å². The number of hydrogen-bond acceptors (Lipinski definition) is 7. The van der Waals surface area contributed by atoms with Crippen LogP contribution in [0, 0.1) is 0 Å². The van der Waals surface area contributed by atoms with Gasteiger partial charge in [-0.1, -0.05) is 23.7 Å². The second kappa shape index (κ2) is 10.9. The molecule has 0 atom stereocenters. The molecular weight excluding hydrogens is 492 g/mol. The number of halogens is 1. The van der Waals surface area contributed by atoms with Gasteiger partial charge in [0.2, 0.25) is 0 Å². The number of nitrogens with two attached hydrogens (primary N) is 1. The van der Waals surface area contributed by atoms with Crippen molar-refractivity contribution in [2.75, 3.05) is 32.0 Å². The number of fused-ring (bicyclic) bond motifs is 1. The van der Waals surface area contributed by atoms with Gasteiger partial charge in [-0.25, -0.2) is 9.97 Å². The van der Waals surface area contributed by atoms with Crippen LogP contribution in [0.4, 0.5) is 5.82 Å². The van der Waals surface area contributed by atoms with E-state index in [0.29, 0.717) is 66.1 Å². The Morgan fingerprint density at radius 3 is 2.57 bits per heavy atom. The summed E-state index contributed by atoms with van der Waals surface area (Å²) in [5, 5.41) is 0.432. The van der Waals surface area contributed by atoms with Crippen LogP contribution in [0.15, 0.2) is 65.2 Å². The second-order valence-corrected chi connectivity index (χ2v) is 9.12. The third-order valence-corrected chi connectivity index (χ3v) is 6.39. The van der Waals surface area contributed by atoms with Crippen LogP contribution >= 0.6 is 11.6 Å². The van der Waals surface area contributed by atoms with Crippen LogP contribution in [0.25, 0.3) is 28.3 Å². The summed E-state index contributed by atoms with van der Waals surface area (Å²) in [5.41, 5.74) is 9.86. The minimum absolute atomic E-state index is 0.000924. The molecule has 9 heteroatoms. The number of carbonyl (C=O) groups excluding carboxylic acids is 2. The molecule has 8 nitrogen and oxygen atoms in total. The molecule has 1 amide bonds. The van der Waals surface area contributed by atoms with Gasteiger partial charge in [-0.3, -0.25) is 9.59 Å². The lowest BCUT2D eigenvalue weighted by molar-refractivity contribution is -0.114. The Hall–Kier alpha value is -4.01. The van der Waals surface area contributed by atoms with Crippen LogP contribution in [0.2, 0.25) is 5.02 Å². The van der Waals surface area contributed by atoms with Gasteiger partial charge in [-0.05, 0) is 65.2 Å².